The van der Waals surface area contributed by atoms with E-state index < -0.39 is 0 Å². The third kappa shape index (κ3) is 16.0. The minimum absolute atomic E-state index is 0. The van der Waals surface area contributed by atoms with Gasteiger partial charge < -0.3 is 52.3 Å². The molecule has 0 spiro atoms. The Balaban J connectivity index is 0.000000264. The molecule has 69 heavy (non-hydrogen) atoms. The summed E-state index contributed by atoms with van der Waals surface area (Å²) >= 11 is 0. The van der Waals surface area contributed by atoms with Crippen LogP contribution in [0.3, 0.4) is 0 Å². The summed E-state index contributed by atoms with van der Waals surface area (Å²) in [5.41, 5.74) is 11.3. The van der Waals surface area contributed by atoms with Crippen molar-refractivity contribution in [3.63, 3.8) is 0 Å². The van der Waals surface area contributed by atoms with E-state index >= 15 is 0 Å². The Morgan fingerprint density at radius 3 is 0.913 bits per heavy atom. The summed E-state index contributed by atoms with van der Waals surface area (Å²) < 4.78 is 12.9. The van der Waals surface area contributed by atoms with Crippen LogP contribution in [0.2, 0.25) is 0 Å². The molecule has 4 aromatic carbocycles. The van der Waals surface area contributed by atoms with Crippen LogP contribution in [0.5, 0.6) is 11.5 Å². The Labute approximate surface area is 431 Å². The minimum atomic E-state index is 0. The van der Waals surface area contributed by atoms with Gasteiger partial charge >= 0.3 is 39.0 Å². The molecule has 0 radical (unpaired) electrons. The van der Waals surface area contributed by atoms with Gasteiger partial charge in [-0.25, -0.2) is 0 Å². The summed E-state index contributed by atoms with van der Waals surface area (Å²) in [7, 11) is 0. The number of rotatable bonds is 0. The molecule has 0 aliphatic carbocycles. The van der Waals surface area contributed by atoms with E-state index in [1.54, 1.807) is 24.8 Å². The van der Waals surface area contributed by atoms with Crippen molar-refractivity contribution >= 4 is 43.6 Å². The van der Waals surface area contributed by atoms with Gasteiger partial charge in [-0.3, -0.25) is 19.9 Å². The third-order valence-electron chi connectivity index (χ3n) is 11.4. The smallest absolute Gasteiger partial charge is 0.493 e. The number of nitrogens with zero attached hydrogens (tertiary/aromatic N) is 4. The van der Waals surface area contributed by atoms with Crippen molar-refractivity contribution in [2.45, 2.75) is 46.4 Å². The van der Waals surface area contributed by atoms with Crippen LogP contribution in [0.25, 0.3) is 43.6 Å². The molecule has 0 amide bonds. The van der Waals surface area contributed by atoms with Gasteiger partial charge in [-0.15, -0.1) is 0 Å². The molecule has 10 N–H and O–H groups in total. The predicted octanol–water partition coefficient (Wildman–Crippen LogP) is 5.63. The number of pyridine rings is 4. The minimum Gasteiger partial charge on any atom is -0.493 e. The molecule has 14 nitrogen and oxygen atoms in total. The Bertz CT molecular complexity index is 2440. The SMILES string of the molecule is Cc1cc2c3c(c1)CNCCNCCNCc1cc(C)cc(c1OCCCO3)CNCCNCCNC2.O.O.[Zn+2].[Zn+2].c1cnc2c(c1)ccc1cccnc12.c1cnc2c(c1)ccc1cccnc12. The largest absolute Gasteiger partial charge is 2.00 e. The average Bonchev–Trinajstić information content (AvgIpc) is 3.33. The van der Waals surface area contributed by atoms with Crippen LogP contribution in [-0.4, -0.2) is 96.5 Å². The van der Waals surface area contributed by atoms with E-state index in [2.05, 4.69) is 138 Å². The van der Waals surface area contributed by atoms with Crippen molar-refractivity contribution in [3.8, 4) is 11.5 Å². The maximum absolute atomic E-state index is 6.46. The fraction of sp³-hybridized carbons (Fsp3) is 0.321. The zero-order valence-corrected chi connectivity index (χ0v) is 46.1. The molecule has 0 atom stereocenters. The van der Waals surface area contributed by atoms with Crippen LogP contribution in [0.15, 0.2) is 122 Å². The standard InChI is InChI=1S/C29H46N6O2.2C12H8N2.2H2O.2Zn/c1-22-14-24-18-32-8-4-30-6-10-34-20-26-16-23(2)17-27-21-35-11-7-31-5-9-33-19-25(15-22)28(24)36-12-3-13-37-29(26)27;2*1-3-9-5-6-10-4-2-8-14-12(10)11(9)13-7-1;;;;/h14-17,30-35H,3-13,18-21H2,1-2H3;2*1-8H;2*1H2;;/q;;;;;2*+2. The molecule has 8 aromatic rings. The monoisotopic (exact) mass is 1030 g/mol. The van der Waals surface area contributed by atoms with Crippen LogP contribution in [-0.2, 0) is 65.1 Å². The van der Waals surface area contributed by atoms with Crippen molar-refractivity contribution in [2.75, 3.05) is 65.6 Å². The first kappa shape index (κ1) is 56.6. The van der Waals surface area contributed by atoms with Gasteiger partial charge in [0, 0.05) is 154 Å². The van der Waals surface area contributed by atoms with Gasteiger partial charge in [-0.2, -0.15) is 0 Å². The van der Waals surface area contributed by atoms with Gasteiger partial charge in [0.15, 0.2) is 0 Å². The zero-order chi connectivity index (χ0) is 44.5. The second-order valence-corrected chi connectivity index (χ2v) is 16.5. The van der Waals surface area contributed by atoms with Gasteiger partial charge in [0.2, 0.25) is 0 Å². The summed E-state index contributed by atoms with van der Waals surface area (Å²) in [6, 6.07) is 33.3. The molecule has 4 aromatic heterocycles. The zero-order valence-electron chi connectivity index (χ0n) is 40.2. The number of ether oxygens (including phenoxy) is 2. The fourth-order valence-corrected chi connectivity index (χ4v) is 8.37. The summed E-state index contributed by atoms with van der Waals surface area (Å²) in [5, 5.41) is 26.0. The van der Waals surface area contributed by atoms with Gasteiger partial charge in [0.25, 0.3) is 0 Å². The number of hydrogen-bond acceptors (Lipinski definition) is 12. The molecule has 0 saturated heterocycles. The van der Waals surface area contributed by atoms with Crippen molar-refractivity contribution < 1.29 is 59.4 Å². The molecule has 10 rings (SSSR count). The Morgan fingerprint density at radius 2 is 0.638 bits per heavy atom. The molecule has 2 aliphatic heterocycles. The van der Waals surface area contributed by atoms with Crippen molar-refractivity contribution in [1.82, 2.24) is 51.8 Å². The number of aryl methyl sites for hydroxylation is 2. The third-order valence-corrected chi connectivity index (χ3v) is 11.4. The van der Waals surface area contributed by atoms with Crippen LogP contribution in [0.1, 0.15) is 39.8 Å². The van der Waals surface area contributed by atoms with Crippen molar-refractivity contribution in [3.05, 3.63) is 155 Å². The van der Waals surface area contributed by atoms with Crippen molar-refractivity contribution in [2.24, 2.45) is 0 Å². The first-order valence-electron chi connectivity index (χ1n) is 23.0. The second-order valence-electron chi connectivity index (χ2n) is 16.5. The molecule has 16 heteroatoms. The van der Waals surface area contributed by atoms with Crippen LogP contribution >= 0.6 is 0 Å². The van der Waals surface area contributed by atoms with Gasteiger partial charge in [0.1, 0.15) is 11.5 Å². The van der Waals surface area contributed by atoms with Gasteiger partial charge in [-0.1, -0.05) is 83.9 Å². The number of benzene rings is 4. The van der Waals surface area contributed by atoms with E-state index in [0.29, 0.717) is 13.2 Å². The maximum atomic E-state index is 6.46. The van der Waals surface area contributed by atoms with Crippen LogP contribution < -0.4 is 41.4 Å². The van der Waals surface area contributed by atoms with E-state index in [-0.39, 0.29) is 49.9 Å². The Hall–Kier alpha value is -4.95. The van der Waals surface area contributed by atoms with Gasteiger partial charge in [-0.05, 0) is 38.1 Å². The molecular formula is C53H66N10O4Zn2+4. The number of hydrogen-bond donors (Lipinski definition) is 6. The summed E-state index contributed by atoms with van der Waals surface area (Å²) in [4.78, 5) is 17.4. The quantitative estimate of drug-likeness (QED) is 0.0809. The molecule has 352 valence electrons. The molecule has 2 bridgehead atoms. The molecule has 6 heterocycles. The molecule has 0 fully saturated rings. The van der Waals surface area contributed by atoms with E-state index in [1.165, 1.54) is 33.4 Å². The molecular weight excluding hydrogens is 971 g/mol. The second kappa shape index (κ2) is 29.9. The van der Waals surface area contributed by atoms with Crippen LogP contribution in [0.4, 0.5) is 0 Å². The Kier molecular flexibility index (Phi) is 24.6. The summed E-state index contributed by atoms with van der Waals surface area (Å²) in [5.74, 6) is 2.03. The van der Waals surface area contributed by atoms with Gasteiger partial charge in [0.05, 0.1) is 35.3 Å². The van der Waals surface area contributed by atoms with E-state index in [9.17, 15) is 0 Å². The molecule has 0 unspecified atom stereocenters. The first-order chi connectivity index (χ1) is 32.1. The number of aromatic nitrogens is 4. The van der Waals surface area contributed by atoms with E-state index in [1.807, 2.05) is 24.3 Å². The maximum Gasteiger partial charge on any atom is 2.00 e. The first-order valence-corrected chi connectivity index (χ1v) is 23.0. The molecule has 0 saturated carbocycles. The molecule has 2 aliphatic rings. The predicted molar refractivity (Wildman–Crippen MR) is 272 cm³/mol. The van der Waals surface area contributed by atoms with E-state index in [4.69, 9.17) is 9.47 Å². The fourth-order valence-electron chi connectivity index (χ4n) is 8.37. The number of nitrogens with one attached hydrogen (secondary N) is 6. The van der Waals surface area contributed by atoms with E-state index in [0.717, 1.165) is 140 Å². The average molecular weight is 1040 g/mol. The summed E-state index contributed by atoms with van der Waals surface area (Å²) in [6.07, 6.45) is 8.04. The summed E-state index contributed by atoms with van der Waals surface area (Å²) in [6.45, 7) is 16.2. The normalized spacial score (nSPS) is 14.8. The topological polar surface area (TPSA) is 205 Å². The number of fused-ring (bicyclic) bond motifs is 10. The van der Waals surface area contributed by atoms with Crippen molar-refractivity contribution in [1.29, 1.82) is 0 Å². The van der Waals surface area contributed by atoms with Crippen LogP contribution in [0, 0.1) is 13.8 Å². The Morgan fingerprint density at radius 1 is 0.377 bits per heavy atom.